The number of amides is 1. The molecule has 6 nitrogen and oxygen atoms in total. The molecular weight excluding hydrogens is 422 g/mol. The molecule has 3 aromatic heterocycles. The van der Waals surface area contributed by atoms with Gasteiger partial charge in [0, 0.05) is 16.2 Å². The van der Waals surface area contributed by atoms with E-state index >= 15 is 0 Å². The van der Waals surface area contributed by atoms with Gasteiger partial charge in [0.25, 0.3) is 0 Å². The van der Waals surface area contributed by atoms with Gasteiger partial charge in [-0.3, -0.25) is 10.1 Å². The van der Waals surface area contributed by atoms with Gasteiger partial charge in [0.1, 0.15) is 20.7 Å². The van der Waals surface area contributed by atoms with Crippen LogP contribution in [0.15, 0.2) is 5.03 Å². The molecule has 1 amide bonds. The fourth-order valence-corrected chi connectivity index (χ4v) is 6.70. The molecule has 2 aliphatic carbocycles. The first kappa shape index (κ1) is 19.4. The van der Waals surface area contributed by atoms with Crippen molar-refractivity contribution in [3.63, 3.8) is 0 Å². The Morgan fingerprint density at radius 3 is 2.83 bits per heavy atom. The Kier molecular flexibility index (Phi) is 5.30. The van der Waals surface area contributed by atoms with Gasteiger partial charge in [0.2, 0.25) is 11.0 Å². The first-order valence-corrected chi connectivity index (χ1v) is 12.8. The van der Waals surface area contributed by atoms with Crippen molar-refractivity contribution in [2.24, 2.45) is 5.92 Å². The van der Waals surface area contributed by atoms with E-state index in [0.29, 0.717) is 16.8 Å². The molecule has 1 N–H and O–H groups in total. The van der Waals surface area contributed by atoms with E-state index in [1.807, 2.05) is 18.3 Å². The Hall–Kier alpha value is -1.58. The zero-order valence-electron chi connectivity index (χ0n) is 16.5. The van der Waals surface area contributed by atoms with Crippen molar-refractivity contribution in [1.82, 2.24) is 20.2 Å². The van der Waals surface area contributed by atoms with Crippen molar-refractivity contribution in [2.75, 3.05) is 11.1 Å². The largest absolute Gasteiger partial charge is 0.300 e. The number of thiophene rings is 1. The number of aryl methyl sites for hydroxylation is 2. The summed E-state index contributed by atoms with van der Waals surface area (Å²) in [6, 6.07) is 0. The Labute approximate surface area is 182 Å². The summed E-state index contributed by atoms with van der Waals surface area (Å²) in [6.07, 6.45) is 6.62. The van der Waals surface area contributed by atoms with Crippen molar-refractivity contribution in [3.8, 4) is 0 Å². The van der Waals surface area contributed by atoms with E-state index in [9.17, 15) is 4.79 Å². The van der Waals surface area contributed by atoms with Gasteiger partial charge in [-0.1, -0.05) is 36.9 Å². The van der Waals surface area contributed by atoms with Crippen molar-refractivity contribution < 1.29 is 4.79 Å². The van der Waals surface area contributed by atoms with E-state index < -0.39 is 0 Å². The fraction of sp³-hybridized carbons (Fsp3) is 0.550. The predicted molar refractivity (Wildman–Crippen MR) is 119 cm³/mol. The van der Waals surface area contributed by atoms with E-state index in [0.717, 1.165) is 45.9 Å². The number of carbonyl (C=O) groups excluding carboxylic acids is 1. The Bertz CT molecular complexity index is 1070. The molecule has 3 heterocycles. The summed E-state index contributed by atoms with van der Waals surface area (Å²) < 4.78 is 0. The summed E-state index contributed by atoms with van der Waals surface area (Å²) in [4.78, 5) is 24.9. The van der Waals surface area contributed by atoms with Crippen molar-refractivity contribution in [3.05, 3.63) is 21.3 Å². The van der Waals surface area contributed by atoms with Crippen molar-refractivity contribution in [1.29, 1.82) is 0 Å². The van der Waals surface area contributed by atoms with Crippen LogP contribution in [0.4, 0.5) is 5.13 Å². The summed E-state index contributed by atoms with van der Waals surface area (Å²) in [6.45, 7) is 4.36. The normalized spacial score (nSPS) is 18.8. The molecule has 0 saturated heterocycles. The molecule has 0 bridgehead atoms. The zero-order valence-corrected chi connectivity index (χ0v) is 19.0. The molecule has 1 fully saturated rings. The van der Waals surface area contributed by atoms with Gasteiger partial charge in [-0.05, 0) is 50.0 Å². The number of hydrogen-bond acceptors (Lipinski definition) is 8. The molecule has 0 aliphatic heterocycles. The third-order valence-corrected chi connectivity index (χ3v) is 8.54. The smallest absolute Gasteiger partial charge is 0.236 e. The summed E-state index contributed by atoms with van der Waals surface area (Å²) in [5.41, 5.74) is 1.42. The maximum atomic E-state index is 12.5. The third-order valence-electron chi connectivity index (χ3n) is 5.44. The number of carbonyl (C=O) groups is 1. The van der Waals surface area contributed by atoms with Gasteiger partial charge < -0.3 is 0 Å². The molecule has 0 spiro atoms. The molecule has 5 rings (SSSR count). The van der Waals surface area contributed by atoms with E-state index in [2.05, 4.69) is 22.4 Å². The molecule has 3 aromatic rings. The second-order valence-electron chi connectivity index (χ2n) is 7.88. The number of nitrogens with one attached hydrogen (secondary N) is 1. The highest BCUT2D eigenvalue weighted by molar-refractivity contribution is 8.00. The van der Waals surface area contributed by atoms with Crippen molar-refractivity contribution in [2.45, 2.75) is 63.3 Å². The lowest BCUT2D eigenvalue weighted by atomic mass is 9.89. The average molecular weight is 446 g/mol. The minimum atomic E-state index is -0.0637. The molecule has 2 aliphatic rings. The summed E-state index contributed by atoms with van der Waals surface area (Å²) >= 11 is 4.80. The number of fused-ring (bicyclic) bond motifs is 3. The maximum absolute atomic E-state index is 12.5. The van der Waals surface area contributed by atoms with E-state index in [1.54, 1.807) is 0 Å². The topological polar surface area (TPSA) is 80.7 Å². The molecule has 9 heteroatoms. The zero-order chi connectivity index (χ0) is 20.0. The number of rotatable bonds is 6. The lowest BCUT2D eigenvalue weighted by Crippen LogP contribution is -2.14. The summed E-state index contributed by atoms with van der Waals surface area (Å²) in [7, 11) is 0. The number of thioether (sulfide) groups is 1. The third kappa shape index (κ3) is 4.04. The minimum absolute atomic E-state index is 0.0637. The molecule has 1 saturated carbocycles. The minimum Gasteiger partial charge on any atom is -0.300 e. The van der Waals surface area contributed by atoms with Crippen molar-refractivity contribution >= 4 is 55.7 Å². The molecule has 1 unspecified atom stereocenters. The molecule has 0 radical (unpaired) electrons. The Morgan fingerprint density at radius 1 is 1.21 bits per heavy atom. The van der Waals surface area contributed by atoms with Crippen LogP contribution in [0, 0.1) is 5.92 Å². The average Bonchev–Trinajstić information content (AvgIpc) is 3.36. The molecule has 0 aromatic carbocycles. The first-order valence-electron chi connectivity index (χ1n) is 10.2. The molecule has 29 heavy (non-hydrogen) atoms. The van der Waals surface area contributed by atoms with Gasteiger partial charge in [-0.15, -0.1) is 21.5 Å². The number of anilines is 1. The molecular formula is C20H23N5OS3. The van der Waals surface area contributed by atoms with Gasteiger partial charge in [-0.2, -0.15) is 0 Å². The SMILES string of the molecule is CCc1nnc(NC(=O)CSc2nc(C3CC3)nc3sc4c(c23)CCC(C)C4)s1. The molecule has 152 valence electrons. The van der Waals surface area contributed by atoms with Crippen LogP contribution >= 0.6 is 34.4 Å². The maximum Gasteiger partial charge on any atom is 0.236 e. The van der Waals surface area contributed by atoms with Gasteiger partial charge in [-0.25, -0.2) is 9.97 Å². The monoisotopic (exact) mass is 445 g/mol. The second-order valence-corrected chi connectivity index (χ2v) is 11.0. The Morgan fingerprint density at radius 2 is 2.07 bits per heavy atom. The van der Waals surface area contributed by atoms with Gasteiger partial charge in [0.15, 0.2) is 0 Å². The highest BCUT2D eigenvalue weighted by atomic mass is 32.2. The van der Waals surface area contributed by atoms with E-state index in [1.165, 1.54) is 58.2 Å². The predicted octanol–water partition coefficient (Wildman–Crippen LogP) is 4.84. The van der Waals surface area contributed by atoms with E-state index in [4.69, 9.17) is 9.97 Å². The van der Waals surface area contributed by atoms with Crippen LogP contribution < -0.4 is 5.32 Å². The molecule has 1 atom stereocenters. The highest BCUT2D eigenvalue weighted by Crippen LogP contribution is 2.44. The lowest BCUT2D eigenvalue weighted by Gasteiger charge is -2.18. The standard InChI is InChI=1S/C20H23N5OS3/c1-3-15-24-25-20(29-15)21-14(26)9-27-18-16-12-7-4-10(2)8-13(12)28-19(16)23-17(22-18)11-5-6-11/h10-11H,3-9H2,1-2H3,(H,21,25,26). The van der Waals surface area contributed by atoms with Gasteiger partial charge in [0.05, 0.1) is 5.75 Å². The van der Waals surface area contributed by atoms with Crippen LogP contribution in [-0.2, 0) is 24.1 Å². The second kappa shape index (κ2) is 7.92. The fourth-order valence-electron chi connectivity index (χ4n) is 3.69. The lowest BCUT2D eigenvalue weighted by molar-refractivity contribution is -0.113. The van der Waals surface area contributed by atoms with Crippen LogP contribution in [-0.4, -0.2) is 31.8 Å². The number of aromatic nitrogens is 4. The van der Waals surface area contributed by atoms with Crippen LogP contribution in [0.5, 0.6) is 0 Å². The van der Waals surface area contributed by atoms with Crippen LogP contribution in [0.3, 0.4) is 0 Å². The van der Waals surface area contributed by atoms with Crippen LogP contribution in [0.25, 0.3) is 10.2 Å². The van der Waals surface area contributed by atoms with Gasteiger partial charge >= 0.3 is 0 Å². The number of nitrogens with zero attached hydrogens (tertiary/aromatic N) is 4. The highest BCUT2D eigenvalue weighted by Gasteiger charge is 2.30. The summed E-state index contributed by atoms with van der Waals surface area (Å²) in [5.74, 6) is 2.45. The Balaban J connectivity index is 1.40. The summed E-state index contributed by atoms with van der Waals surface area (Å²) in [5, 5.41) is 14.6. The van der Waals surface area contributed by atoms with E-state index in [-0.39, 0.29) is 5.91 Å². The first-order chi connectivity index (χ1) is 14.1. The van der Waals surface area contributed by atoms with Crippen LogP contribution in [0.1, 0.15) is 60.3 Å². The number of hydrogen-bond donors (Lipinski definition) is 1. The quantitative estimate of drug-likeness (QED) is 0.432. The van der Waals surface area contributed by atoms with Crippen LogP contribution in [0.2, 0.25) is 0 Å².